The fraction of sp³-hybridized carbons (Fsp3) is 1.00. The summed E-state index contributed by atoms with van der Waals surface area (Å²) in [5.41, 5.74) is 0. The zero-order valence-electron chi connectivity index (χ0n) is 10.5. The highest BCUT2D eigenvalue weighted by molar-refractivity contribution is 7.32. The molecule has 0 aliphatic rings. The van der Waals surface area contributed by atoms with Crippen LogP contribution in [0.3, 0.4) is 0 Å². The van der Waals surface area contributed by atoms with Crippen molar-refractivity contribution in [3.05, 3.63) is 0 Å². The Bertz CT molecular complexity index is 165. The Labute approximate surface area is 99.9 Å². The summed E-state index contributed by atoms with van der Waals surface area (Å²) < 4.78 is 26.2. The predicted molar refractivity (Wildman–Crippen MR) is 67.9 cm³/mol. The monoisotopic (exact) mass is 252 g/mol. The third-order valence-electron chi connectivity index (χ3n) is 2.71. The number of rotatable bonds is 12. The molecule has 16 heavy (non-hydrogen) atoms. The van der Waals surface area contributed by atoms with Crippen LogP contribution < -0.4 is 0 Å². The van der Waals surface area contributed by atoms with Crippen molar-refractivity contribution in [1.29, 1.82) is 0 Å². The second-order valence-electron chi connectivity index (χ2n) is 4.27. The molecule has 0 saturated carbocycles. The van der Waals surface area contributed by atoms with Crippen LogP contribution in [-0.2, 0) is 9.09 Å². The second-order valence-corrected chi connectivity index (χ2v) is 5.03. The van der Waals surface area contributed by atoms with E-state index in [4.69, 9.17) is 0 Å². The Balaban J connectivity index is 2.90. The molecule has 0 aliphatic carbocycles. The molecule has 0 fully saturated rings. The predicted octanol–water partition coefficient (Wildman–Crippen LogP) is 5.28. The Morgan fingerprint density at radius 2 is 1.31 bits per heavy atom. The number of hydrogen-bond acceptors (Lipinski definition) is 2. The van der Waals surface area contributed by atoms with E-state index >= 15 is 0 Å². The minimum atomic E-state index is -3.19. The molecule has 0 bridgehead atoms. The van der Waals surface area contributed by atoms with Crippen LogP contribution in [0.15, 0.2) is 0 Å². The molecule has 1 unspecified atom stereocenters. The van der Waals surface area contributed by atoms with Gasteiger partial charge in [0.05, 0.1) is 6.61 Å². The van der Waals surface area contributed by atoms with Gasteiger partial charge in [0.15, 0.2) is 0 Å². The number of hydrogen-bond donors (Lipinski definition) is 0. The number of unbranched alkanes of at least 4 members (excludes halogenated alkanes) is 9. The van der Waals surface area contributed by atoms with Crippen molar-refractivity contribution < 1.29 is 13.3 Å². The van der Waals surface area contributed by atoms with E-state index in [1.807, 2.05) is 0 Å². The molecule has 1 atom stereocenters. The van der Waals surface area contributed by atoms with Crippen LogP contribution in [0, 0.1) is 0 Å². The van der Waals surface area contributed by atoms with E-state index in [9.17, 15) is 8.76 Å². The van der Waals surface area contributed by atoms with Crippen LogP contribution >= 0.6 is 8.34 Å². The van der Waals surface area contributed by atoms with Gasteiger partial charge in [-0.3, -0.25) is 4.57 Å². The lowest BCUT2D eigenvalue weighted by molar-refractivity contribution is 0.295. The molecule has 0 aliphatic heterocycles. The van der Waals surface area contributed by atoms with Gasteiger partial charge in [-0.2, -0.15) is 4.20 Å². The standard InChI is InChI=1S/C12H26FO2P/c1-2-3-4-5-6-7-8-9-10-11-12-15-16(13)14/h16H,2-12H2,1H3. The van der Waals surface area contributed by atoms with Gasteiger partial charge in [-0.05, 0) is 6.42 Å². The molecule has 0 aromatic carbocycles. The highest BCUT2D eigenvalue weighted by Crippen LogP contribution is 2.23. The Hall–Kier alpha value is 0.120. The normalized spacial score (nSPS) is 12.9. The lowest BCUT2D eigenvalue weighted by Crippen LogP contribution is -1.86. The first kappa shape index (κ1) is 16.1. The molecule has 0 N–H and O–H groups in total. The summed E-state index contributed by atoms with van der Waals surface area (Å²) in [6.07, 6.45) is 12.4. The summed E-state index contributed by atoms with van der Waals surface area (Å²) in [5.74, 6) is 0. The smallest absolute Gasteiger partial charge is 0.308 e. The second kappa shape index (κ2) is 13.2. The maximum Gasteiger partial charge on any atom is 0.356 e. The van der Waals surface area contributed by atoms with E-state index in [0.717, 1.165) is 12.8 Å². The summed E-state index contributed by atoms with van der Waals surface area (Å²) in [6.45, 7) is 2.54. The topological polar surface area (TPSA) is 26.3 Å². The van der Waals surface area contributed by atoms with E-state index < -0.39 is 8.34 Å². The van der Waals surface area contributed by atoms with E-state index in [1.165, 1.54) is 51.4 Å². The average molecular weight is 252 g/mol. The van der Waals surface area contributed by atoms with Gasteiger partial charge in [0.2, 0.25) is 0 Å². The van der Waals surface area contributed by atoms with Gasteiger partial charge in [-0.25, -0.2) is 0 Å². The van der Waals surface area contributed by atoms with Gasteiger partial charge in [0.1, 0.15) is 0 Å². The fourth-order valence-electron chi connectivity index (χ4n) is 1.74. The maximum atomic E-state index is 11.8. The first-order chi connectivity index (χ1) is 7.77. The van der Waals surface area contributed by atoms with Gasteiger partial charge >= 0.3 is 8.34 Å². The van der Waals surface area contributed by atoms with E-state index in [2.05, 4.69) is 11.4 Å². The van der Waals surface area contributed by atoms with Crippen molar-refractivity contribution >= 4 is 8.34 Å². The van der Waals surface area contributed by atoms with Gasteiger partial charge in [-0.15, -0.1) is 0 Å². The summed E-state index contributed by atoms with van der Waals surface area (Å²) in [4.78, 5) is 0. The number of halogens is 1. The lowest BCUT2D eigenvalue weighted by Gasteiger charge is -2.01. The van der Waals surface area contributed by atoms with E-state index in [0.29, 0.717) is 6.61 Å². The zero-order chi connectivity index (χ0) is 12.1. The molecule has 4 heteroatoms. The quantitative estimate of drug-likeness (QED) is 0.349. The van der Waals surface area contributed by atoms with E-state index in [-0.39, 0.29) is 0 Å². The zero-order valence-corrected chi connectivity index (χ0v) is 11.5. The lowest BCUT2D eigenvalue weighted by atomic mass is 10.1. The largest absolute Gasteiger partial charge is 0.356 e. The van der Waals surface area contributed by atoms with Crippen molar-refractivity contribution in [3.8, 4) is 0 Å². The molecule has 0 rings (SSSR count). The van der Waals surface area contributed by atoms with Crippen molar-refractivity contribution in [2.45, 2.75) is 71.1 Å². The average Bonchev–Trinajstić information content (AvgIpc) is 2.25. The molecule has 0 spiro atoms. The van der Waals surface area contributed by atoms with Crippen LogP contribution in [0.2, 0.25) is 0 Å². The molecular formula is C12H26FO2P. The van der Waals surface area contributed by atoms with Gasteiger partial charge in [0.25, 0.3) is 0 Å². The summed E-state index contributed by atoms with van der Waals surface area (Å²) in [5, 5.41) is 0. The van der Waals surface area contributed by atoms with Crippen molar-refractivity contribution in [2.75, 3.05) is 6.61 Å². The molecule has 98 valence electrons. The summed E-state index contributed by atoms with van der Waals surface area (Å²) >= 11 is 0. The molecular weight excluding hydrogens is 226 g/mol. The Kier molecular flexibility index (Phi) is 13.3. The third kappa shape index (κ3) is 14.1. The highest BCUT2D eigenvalue weighted by atomic mass is 31.2. The van der Waals surface area contributed by atoms with Gasteiger partial charge in [0, 0.05) is 0 Å². The molecule has 0 radical (unpaired) electrons. The van der Waals surface area contributed by atoms with Crippen LogP contribution in [0.5, 0.6) is 0 Å². The first-order valence-electron chi connectivity index (χ1n) is 6.59. The maximum absolute atomic E-state index is 11.8. The SMILES string of the molecule is CCCCCCCCCCCCO[PH](=O)F. The molecule has 0 aromatic rings. The van der Waals surface area contributed by atoms with Crippen LogP contribution in [0.25, 0.3) is 0 Å². The van der Waals surface area contributed by atoms with Crippen LogP contribution in [0.4, 0.5) is 4.20 Å². The van der Waals surface area contributed by atoms with Gasteiger partial charge in [-0.1, -0.05) is 64.7 Å². The van der Waals surface area contributed by atoms with Gasteiger partial charge < -0.3 is 4.52 Å². The Morgan fingerprint density at radius 1 is 0.875 bits per heavy atom. The highest BCUT2D eigenvalue weighted by Gasteiger charge is 1.95. The van der Waals surface area contributed by atoms with Crippen LogP contribution in [0.1, 0.15) is 71.1 Å². The minimum absolute atomic E-state index is 0.310. The molecule has 0 heterocycles. The fourth-order valence-corrected chi connectivity index (χ4v) is 2.05. The van der Waals surface area contributed by atoms with Crippen molar-refractivity contribution in [2.24, 2.45) is 0 Å². The molecule has 0 aromatic heterocycles. The Morgan fingerprint density at radius 3 is 1.75 bits per heavy atom. The van der Waals surface area contributed by atoms with Crippen molar-refractivity contribution in [1.82, 2.24) is 0 Å². The van der Waals surface area contributed by atoms with Crippen LogP contribution in [-0.4, -0.2) is 6.61 Å². The molecule has 0 saturated heterocycles. The molecule has 2 nitrogen and oxygen atoms in total. The summed E-state index contributed by atoms with van der Waals surface area (Å²) in [6, 6.07) is 0. The molecule has 0 amide bonds. The summed E-state index contributed by atoms with van der Waals surface area (Å²) in [7, 11) is -3.19. The first-order valence-corrected chi connectivity index (χ1v) is 7.79. The minimum Gasteiger partial charge on any atom is -0.308 e. The third-order valence-corrected chi connectivity index (χ3v) is 3.14. The van der Waals surface area contributed by atoms with Crippen molar-refractivity contribution in [3.63, 3.8) is 0 Å². The van der Waals surface area contributed by atoms with E-state index in [1.54, 1.807) is 0 Å².